The molecule has 1 N–H and O–H groups in total. The molecule has 1 aromatic carbocycles. The van der Waals surface area contributed by atoms with Gasteiger partial charge in [0.2, 0.25) is 10.0 Å². The Hall–Kier alpha value is -0.0400. The van der Waals surface area contributed by atoms with Crippen LogP contribution in [0.25, 0.3) is 0 Å². The van der Waals surface area contributed by atoms with Crippen LogP contribution in [0.2, 0.25) is 0 Å². The lowest BCUT2D eigenvalue weighted by molar-refractivity contribution is 0.552. The van der Waals surface area contributed by atoms with Crippen molar-refractivity contribution in [3.8, 4) is 0 Å². The molecule has 0 radical (unpaired) electrons. The van der Waals surface area contributed by atoms with Crippen molar-refractivity contribution < 1.29 is 8.42 Å². The van der Waals surface area contributed by atoms with Crippen LogP contribution < -0.4 is 4.72 Å². The fraction of sp³-hybridized carbons (Fsp3) is 0.571. The maximum atomic E-state index is 12.5. The van der Waals surface area contributed by atoms with Gasteiger partial charge in [-0.05, 0) is 49.6 Å². The summed E-state index contributed by atoms with van der Waals surface area (Å²) in [4.78, 5) is 0.374. The van der Waals surface area contributed by atoms with Gasteiger partial charge in [-0.15, -0.1) is 0 Å². The van der Waals surface area contributed by atoms with Crippen molar-refractivity contribution >= 4 is 37.7 Å². The second-order valence-corrected chi connectivity index (χ2v) is 9.29. The first-order valence-corrected chi connectivity index (χ1v) is 10.1. The van der Waals surface area contributed by atoms with Gasteiger partial charge >= 0.3 is 0 Å². The SMILES string of the molecule is CCSC1CCC(NS(=O)(=O)c2cc(Br)ccc2C)C1. The standard InChI is InChI=1S/C14H20BrNO2S2/c1-3-19-13-7-6-12(9-13)16-20(17,18)14-8-11(15)5-4-10(14)2/h4-5,8,12-13,16H,3,6-7,9H2,1-2H3. The lowest BCUT2D eigenvalue weighted by atomic mass is 10.2. The summed E-state index contributed by atoms with van der Waals surface area (Å²) in [6.07, 6.45) is 2.97. The molecule has 0 aliphatic heterocycles. The first kappa shape index (κ1) is 16.3. The molecule has 6 heteroatoms. The quantitative estimate of drug-likeness (QED) is 0.850. The van der Waals surface area contributed by atoms with Crippen molar-refractivity contribution in [2.75, 3.05) is 5.75 Å². The highest BCUT2D eigenvalue weighted by Gasteiger charge is 2.29. The largest absolute Gasteiger partial charge is 0.241 e. The summed E-state index contributed by atoms with van der Waals surface area (Å²) in [7, 11) is -3.42. The van der Waals surface area contributed by atoms with Crippen molar-refractivity contribution in [3.63, 3.8) is 0 Å². The molecule has 2 atom stereocenters. The molecule has 1 fully saturated rings. The van der Waals surface area contributed by atoms with E-state index in [4.69, 9.17) is 0 Å². The minimum Gasteiger partial charge on any atom is -0.208 e. The van der Waals surface area contributed by atoms with Crippen LogP contribution in [0.4, 0.5) is 0 Å². The Labute approximate surface area is 134 Å². The number of thioether (sulfide) groups is 1. The zero-order valence-electron chi connectivity index (χ0n) is 11.7. The second kappa shape index (κ2) is 6.81. The Kier molecular flexibility index (Phi) is 5.56. The van der Waals surface area contributed by atoms with Crippen molar-refractivity contribution in [1.82, 2.24) is 4.72 Å². The van der Waals surface area contributed by atoms with Gasteiger partial charge in [-0.2, -0.15) is 11.8 Å². The highest BCUT2D eigenvalue weighted by Crippen LogP contribution is 2.31. The Morgan fingerprint density at radius 2 is 2.15 bits per heavy atom. The summed E-state index contributed by atoms with van der Waals surface area (Å²) < 4.78 is 28.6. The maximum absolute atomic E-state index is 12.5. The molecule has 1 aliphatic carbocycles. The number of benzene rings is 1. The summed E-state index contributed by atoms with van der Waals surface area (Å²) in [5.74, 6) is 1.09. The molecule has 1 aromatic rings. The summed E-state index contributed by atoms with van der Waals surface area (Å²) in [5, 5.41) is 0.594. The summed E-state index contributed by atoms with van der Waals surface area (Å²) in [5.41, 5.74) is 0.776. The summed E-state index contributed by atoms with van der Waals surface area (Å²) in [6, 6.07) is 5.42. The molecule has 0 amide bonds. The molecule has 20 heavy (non-hydrogen) atoms. The summed E-state index contributed by atoms with van der Waals surface area (Å²) in [6.45, 7) is 3.97. The van der Waals surface area contributed by atoms with Crippen molar-refractivity contribution in [3.05, 3.63) is 28.2 Å². The Balaban J connectivity index is 2.10. The van der Waals surface area contributed by atoms with Crippen LogP contribution >= 0.6 is 27.7 Å². The van der Waals surface area contributed by atoms with E-state index in [1.807, 2.05) is 30.8 Å². The van der Waals surface area contributed by atoms with E-state index in [1.54, 1.807) is 6.07 Å². The van der Waals surface area contributed by atoms with Crippen LogP contribution in [0, 0.1) is 6.92 Å². The van der Waals surface area contributed by atoms with Crippen molar-refractivity contribution in [1.29, 1.82) is 0 Å². The van der Waals surface area contributed by atoms with Gasteiger partial charge in [-0.1, -0.05) is 28.9 Å². The third-order valence-electron chi connectivity index (χ3n) is 3.55. The monoisotopic (exact) mass is 377 g/mol. The zero-order chi connectivity index (χ0) is 14.8. The number of rotatable bonds is 5. The minimum absolute atomic E-state index is 0.0717. The van der Waals surface area contributed by atoms with E-state index < -0.39 is 10.0 Å². The number of hydrogen-bond donors (Lipinski definition) is 1. The van der Waals surface area contributed by atoms with E-state index >= 15 is 0 Å². The topological polar surface area (TPSA) is 46.2 Å². The second-order valence-electron chi connectivity index (χ2n) is 5.12. The molecule has 0 heterocycles. The molecule has 0 aromatic heterocycles. The van der Waals surface area contributed by atoms with E-state index in [0.717, 1.165) is 35.1 Å². The van der Waals surface area contributed by atoms with Gasteiger partial charge in [0, 0.05) is 15.8 Å². The number of sulfonamides is 1. The van der Waals surface area contributed by atoms with Gasteiger partial charge in [-0.3, -0.25) is 0 Å². The van der Waals surface area contributed by atoms with E-state index in [2.05, 4.69) is 27.6 Å². The molecule has 2 rings (SSSR count). The fourth-order valence-corrected chi connectivity index (χ4v) is 5.79. The molecule has 2 unspecified atom stereocenters. The molecule has 1 aliphatic rings. The average Bonchev–Trinajstić information content (AvgIpc) is 2.79. The molecular weight excluding hydrogens is 358 g/mol. The van der Waals surface area contributed by atoms with E-state index in [1.165, 1.54) is 0 Å². The number of aryl methyl sites for hydroxylation is 1. The number of nitrogens with one attached hydrogen (secondary N) is 1. The summed E-state index contributed by atoms with van der Waals surface area (Å²) >= 11 is 5.26. The van der Waals surface area contributed by atoms with Crippen LogP contribution in [-0.2, 0) is 10.0 Å². The lowest BCUT2D eigenvalue weighted by Crippen LogP contribution is -2.33. The van der Waals surface area contributed by atoms with Crippen LogP contribution in [-0.4, -0.2) is 25.5 Å². The van der Waals surface area contributed by atoms with Gasteiger partial charge < -0.3 is 0 Å². The first-order valence-electron chi connectivity index (χ1n) is 6.82. The van der Waals surface area contributed by atoms with Crippen molar-refractivity contribution in [2.45, 2.75) is 49.3 Å². The predicted octanol–water partition coefficient (Wildman–Crippen LogP) is 3.71. The fourth-order valence-electron chi connectivity index (χ4n) is 2.58. The Bertz CT molecular complexity index is 575. The molecule has 3 nitrogen and oxygen atoms in total. The van der Waals surface area contributed by atoms with Gasteiger partial charge in [0.1, 0.15) is 0 Å². The van der Waals surface area contributed by atoms with Crippen LogP contribution in [0.5, 0.6) is 0 Å². The zero-order valence-corrected chi connectivity index (χ0v) is 14.9. The van der Waals surface area contributed by atoms with Gasteiger partial charge in [0.15, 0.2) is 0 Å². The molecular formula is C14H20BrNO2S2. The smallest absolute Gasteiger partial charge is 0.208 e. The number of halogens is 1. The minimum atomic E-state index is -3.42. The van der Waals surface area contributed by atoms with Crippen LogP contribution in [0.1, 0.15) is 31.7 Å². The third-order valence-corrected chi connectivity index (χ3v) is 6.94. The van der Waals surface area contributed by atoms with Gasteiger partial charge in [-0.25, -0.2) is 13.1 Å². The molecule has 0 saturated heterocycles. The molecule has 0 spiro atoms. The van der Waals surface area contributed by atoms with E-state index in [-0.39, 0.29) is 6.04 Å². The van der Waals surface area contributed by atoms with Gasteiger partial charge in [0.25, 0.3) is 0 Å². The van der Waals surface area contributed by atoms with E-state index in [0.29, 0.717) is 10.1 Å². The van der Waals surface area contributed by atoms with Crippen LogP contribution in [0.15, 0.2) is 27.6 Å². The highest BCUT2D eigenvalue weighted by molar-refractivity contribution is 9.10. The lowest BCUT2D eigenvalue weighted by Gasteiger charge is -2.15. The van der Waals surface area contributed by atoms with E-state index in [9.17, 15) is 8.42 Å². The average molecular weight is 378 g/mol. The Morgan fingerprint density at radius 1 is 1.40 bits per heavy atom. The highest BCUT2D eigenvalue weighted by atomic mass is 79.9. The normalized spacial score (nSPS) is 23.1. The molecule has 0 bridgehead atoms. The third kappa shape index (κ3) is 4.00. The first-order chi connectivity index (χ1) is 9.42. The van der Waals surface area contributed by atoms with Crippen molar-refractivity contribution in [2.24, 2.45) is 0 Å². The molecule has 1 saturated carbocycles. The number of hydrogen-bond acceptors (Lipinski definition) is 3. The maximum Gasteiger partial charge on any atom is 0.241 e. The predicted molar refractivity (Wildman–Crippen MR) is 88.8 cm³/mol. The van der Waals surface area contributed by atoms with Gasteiger partial charge in [0.05, 0.1) is 4.90 Å². The van der Waals surface area contributed by atoms with Crippen LogP contribution in [0.3, 0.4) is 0 Å². The molecule has 112 valence electrons. The Morgan fingerprint density at radius 3 is 2.85 bits per heavy atom.